The summed E-state index contributed by atoms with van der Waals surface area (Å²) in [6.45, 7) is 6.49. The number of aryl methyl sites for hydroxylation is 1. The summed E-state index contributed by atoms with van der Waals surface area (Å²) < 4.78 is 0. The minimum Gasteiger partial charge on any atom is -0.322 e. The van der Waals surface area contributed by atoms with Gasteiger partial charge in [0.1, 0.15) is 5.03 Å². The number of unbranched alkanes of at least 4 members (excludes halogenated alkanes) is 4. The topological polar surface area (TPSA) is 42.0 Å². The lowest BCUT2D eigenvalue weighted by Crippen LogP contribution is -2.35. The van der Waals surface area contributed by atoms with Gasteiger partial charge in [-0.15, -0.1) is 35.3 Å². The summed E-state index contributed by atoms with van der Waals surface area (Å²) in [5, 5.41) is 4.62. The maximum absolute atomic E-state index is 13.5. The summed E-state index contributed by atoms with van der Waals surface area (Å²) in [7, 11) is 0. The number of allylic oxidation sites excluding steroid dienone is 1. The molecule has 0 radical (unpaired) electrons. The molecule has 0 fully saturated rings. The molecule has 1 N–H and O–H groups in total. The molecule has 1 aliphatic rings. The molecule has 0 saturated carbocycles. The number of hydrogen-bond donors (Lipinski definition) is 1. The zero-order chi connectivity index (χ0) is 21.9. The highest BCUT2D eigenvalue weighted by Gasteiger charge is 2.33. The Hall–Kier alpha value is -0.590. The van der Waals surface area contributed by atoms with Gasteiger partial charge in [0, 0.05) is 15.8 Å². The van der Waals surface area contributed by atoms with Gasteiger partial charge in [-0.3, -0.25) is 4.79 Å². The fourth-order valence-electron chi connectivity index (χ4n) is 3.83. The zero-order valence-corrected chi connectivity index (χ0v) is 21.7. The second-order valence-corrected chi connectivity index (χ2v) is 11.0. The molecule has 1 amide bonds. The molecule has 6 heteroatoms. The molecule has 2 heterocycles. The van der Waals surface area contributed by atoms with Gasteiger partial charge >= 0.3 is 0 Å². The first-order valence-corrected chi connectivity index (χ1v) is 14.7. The van der Waals surface area contributed by atoms with Gasteiger partial charge in [0.2, 0.25) is 5.91 Å². The number of pyridine rings is 1. The summed E-state index contributed by atoms with van der Waals surface area (Å²) in [6.07, 6.45) is 18.4. The number of nitrogens with one attached hydrogen (secondary N) is 1. The van der Waals surface area contributed by atoms with Crippen molar-refractivity contribution in [2.24, 2.45) is 5.92 Å². The lowest BCUT2D eigenvalue weighted by molar-refractivity contribution is -0.116. The predicted molar refractivity (Wildman–Crippen MR) is 137 cm³/mol. The van der Waals surface area contributed by atoms with Crippen LogP contribution in [-0.2, 0) is 4.79 Å². The van der Waals surface area contributed by atoms with Gasteiger partial charge < -0.3 is 5.32 Å². The Bertz CT molecular complexity index is 683. The SMILES string of the molecule is CCCCC[C@H]1C=C[C@@H](CCCCC)S[C@@H]1C(=O)Nc1c(SC)cc(C)nc1SC. The Morgan fingerprint density at radius 1 is 1.07 bits per heavy atom. The Kier molecular flexibility index (Phi) is 11.8. The number of carbonyl (C=O) groups is 1. The highest BCUT2D eigenvalue weighted by atomic mass is 32.2. The van der Waals surface area contributed by atoms with Gasteiger partial charge in [-0.05, 0) is 44.3 Å². The van der Waals surface area contributed by atoms with E-state index < -0.39 is 0 Å². The molecule has 0 spiro atoms. The predicted octanol–water partition coefficient (Wildman–Crippen LogP) is 7.59. The van der Waals surface area contributed by atoms with Crippen molar-refractivity contribution in [2.75, 3.05) is 17.8 Å². The third-order valence-corrected chi connectivity index (χ3v) is 8.56. The quantitative estimate of drug-likeness (QED) is 0.195. The first-order valence-electron chi connectivity index (χ1n) is 11.3. The zero-order valence-electron chi connectivity index (χ0n) is 19.2. The van der Waals surface area contributed by atoms with E-state index in [0.29, 0.717) is 11.2 Å². The summed E-state index contributed by atoms with van der Waals surface area (Å²) in [5.41, 5.74) is 1.88. The summed E-state index contributed by atoms with van der Waals surface area (Å²) in [5.74, 6) is 0.459. The average Bonchev–Trinajstić information content (AvgIpc) is 2.75. The van der Waals surface area contributed by atoms with Gasteiger partial charge in [0.15, 0.2) is 0 Å². The number of anilines is 1. The van der Waals surface area contributed by atoms with Crippen molar-refractivity contribution >= 4 is 46.9 Å². The monoisotopic (exact) mass is 466 g/mol. The van der Waals surface area contributed by atoms with E-state index >= 15 is 0 Å². The first kappa shape index (κ1) is 25.7. The van der Waals surface area contributed by atoms with Gasteiger partial charge in [0.25, 0.3) is 0 Å². The van der Waals surface area contributed by atoms with Crippen LogP contribution in [0.1, 0.15) is 70.9 Å². The van der Waals surface area contributed by atoms with Crippen LogP contribution in [-0.4, -0.2) is 33.9 Å². The molecule has 0 bridgehead atoms. The second-order valence-electron chi connectivity index (χ2n) is 7.97. The van der Waals surface area contributed by atoms with Crippen LogP contribution in [0.4, 0.5) is 5.69 Å². The van der Waals surface area contributed by atoms with Gasteiger partial charge in [0.05, 0.1) is 10.9 Å². The van der Waals surface area contributed by atoms with Crippen LogP contribution >= 0.6 is 35.3 Å². The fraction of sp³-hybridized carbons (Fsp3) is 0.667. The maximum Gasteiger partial charge on any atom is 0.238 e. The molecule has 3 atom stereocenters. The number of amides is 1. The third kappa shape index (κ3) is 7.52. The minimum absolute atomic E-state index is 0.0239. The van der Waals surface area contributed by atoms with Gasteiger partial charge in [-0.2, -0.15) is 0 Å². The molecule has 1 aromatic heterocycles. The molecule has 1 aromatic rings. The minimum atomic E-state index is -0.0239. The smallest absolute Gasteiger partial charge is 0.238 e. The first-order chi connectivity index (χ1) is 14.5. The van der Waals surface area contributed by atoms with Gasteiger partial charge in [-0.25, -0.2) is 4.98 Å². The Labute approximate surface area is 196 Å². The molecular formula is C24H38N2OS3. The van der Waals surface area contributed by atoms with E-state index in [-0.39, 0.29) is 11.2 Å². The molecule has 0 aromatic carbocycles. The molecule has 0 aliphatic carbocycles. The molecule has 2 rings (SSSR count). The van der Waals surface area contributed by atoms with E-state index in [1.807, 2.05) is 24.9 Å². The van der Waals surface area contributed by atoms with Gasteiger partial charge in [-0.1, -0.05) is 64.5 Å². The van der Waals surface area contributed by atoms with Crippen molar-refractivity contribution < 1.29 is 4.79 Å². The maximum atomic E-state index is 13.5. The van der Waals surface area contributed by atoms with Crippen molar-refractivity contribution in [3.05, 3.63) is 23.9 Å². The van der Waals surface area contributed by atoms with E-state index in [0.717, 1.165) is 27.7 Å². The largest absolute Gasteiger partial charge is 0.322 e. The van der Waals surface area contributed by atoms with Crippen LogP contribution in [0.3, 0.4) is 0 Å². The number of nitrogens with zero attached hydrogens (tertiary/aromatic N) is 1. The summed E-state index contributed by atoms with van der Waals surface area (Å²) >= 11 is 5.14. The van der Waals surface area contributed by atoms with E-state index in [1.165, 1.54) is 44.9 Å². The van der Waals surface area contributed by atoms with Crippen molar-refractivity contribution in [1.29, 1.82) is 0 Å². The van der Waals surface area contributed by atoms with Crippen LogP contribution in [0.5, 0.6) is 0 Å². The normalized spacial score (nSPS) is 21.0. The molecule has 30 heavy (non-hydrogen) atoms. The molecular weight excluding hydrogens is 428 g/mol. The van der Waals surface area contributed by atoms with E-state index in [9.17, 15) is 4.79 Å². The average molecular weight is 467 g/mol. The molecule has 168 valence electrons. The van der Waals surface area contributed by atoms with Crippen molar-refractivity contribution in [1.82, 2.24) is 4.98 Å². The highest BCUT2D eigenvalue weighted by molar-refractivity contribution is 8.01. The number of carbonyl (C=O) groups excluding carboxylic acids is 1. The van der Waals surface area contributed by atoms with Crippen molar-refractivity contribution in [2.45, 2.75) is 92.6 Å². The highest BCUT2D eigenvalue weighted by Crippen LogP contribution is 2.39. The number of hydrogen-bond acceptors (Lipinski definition) is 5. The second kappa shape index (κ2) is 13.7. The fourth-order valence-corrected chi connectivity index (χ4v) is 6.61. The molecule has 0 unspecified atom stereocenters. The van der Waals surface area contributed by atoms with Crippen molar-refractivity contribution in [3.8, 4) is 0 Å². The van der Waals surface area contributed by atoms with Crippen LogP contribution in [0.2, 0.25) is 0 Å². The van der Waals surface area contributed by atoms with Crippen LogP contribution < -0.4 is 5.32 Å². The number of rotatable bonds is 12. The van der Waals surface area contributed by atoms with Crippen LogP contribution in [0, 0.1) is 12.8 Å². The Balaban J connectivity index is 2.19. The lowest BCUT2D eigenvalue weighted by Gasteiger charge is -2.31. The Morgan fingerprint density at radius 2 is 1.77 bits per heavy atom. The van der Waals surface area contributed by atoms with Crippen LogP contribution in [0.25, 0.3) is 0 Å². The Morgan fingerprint density at radius 3 is 2.40 bits per heavy atom. The number of thioether (sulfide) groups is 3. The molecule has 3 nitrogen and oxygen atoms in total. The van der Waals surface area contributed by atoms with E-state index in [1.54, 1.807) is 23.5 Å². The summed E-state index contributed by atoms with van der Waals surface area (Å²) in [6, 6.07) is 2.07. The van der Waals surface area contributed by atoms with Crippen molar-refractivity contribution in [3.63, 3.8) is 0 Å². The summed E-state index contributed by atoms with van der Waals surface area (Å²) in [4.78, 5) is 19.2. The standard InChI is InChI=1S/C24H38N2OS3/c1-6-8-10-12-18-14-15-19(13-11-9-7-2)30-22(18)23(27)26-21-20(28-4)16-17(3)25-24(21)29-5/h14-16,18-19,22H,6-13H2,1-5H3,(H,26,27)/t18-,19+,22-/m0/s1. The lowest BCUT2D eigenvalue weighted by atomic mass is 9.95. The third-order valence-electron chi connectivity index (χ3n) is 5.51. The number of aromatic nitrogens is 1. The van der Waals surface area contributed by atoms with Crippen LogP contribution in [0.15, 0.2) is 28.1 Å². The van der Waals surface area contributed by atoms with E-state index in [2.05, 4.69) is 48.6 Å². The van der Waals surface area contributed by atoms with E-state index in [4.69, 9.17) is 0 Å². The molecule has 0 saturated heterocycles. The molecule has 1 aliphatic heterocycles.